The fourth-order valence-corrected chi connectivity index (χ4v) is 1.20. The van der Waals surface area contributed by atoms with Crippen LogP contribution in [0.3, 0.4) is 0 Å². The van der Waals surface area contributed by atoms with Gasteiger partial charge in [-0.1, -0.05) is 58.9 Å². The average molecular weight is 209 g/mol. The zero-order chi connectivity index (χ0) is 8.10. The average Bonchev–Trinajstić information content (AvgIpc) is 2.03. The molecule has 0 fully saturated rings. The fraction of sp³-hybridized carbons (Fsp3) is 0. The van der Waals surface area contributed by atoms with Crippen molar-refractivity contribution in [3.8, 4) is 0 Å². The SMILES string of the molecule is C=C/C=C/c1ccccc1Br. The molecule has 56 valence electrons. The zero-order valence-corrected chi connectivity index (χ0v) is 7.71. The molecule has 0 saturated carbocycles. The molecule has 0 bridgehead atoms. The molecule has 0 amide bonds. The van der Waals surface area contributed by atoms with Gasteiger partial charge < -0.3 is 0 Å². The molecule has 0 saturated heterocycles. The summed E-state index contributed by atoms with van der Waals surface area (Å²) >= 11 is 3.44. The van der Waals surface area contributed by atoms with Crippen molar-refractivity contribution in [2.75, 3.05) is 0 Å². The van der Waals surface area contributed by atoms with E-state index in [1.54, 1.807) is 6.08 Å². The second kappa shape index (κ2) is 4.14. The maximum Gasteiger partial charge on any atom is 0.0247 e. The standard InChI is InChI=1S/C10H9Br/c1-2-3-6-9-7-4-5-8-10(9)11/h2-8H,1H2/b6-3+. The van der Waals surface area contributed by atoms with Gasteiger partial charge in [-0.25, -0.2) is 0 Å². The highest BCUT2D eigenvalue weighted by Gasteiger charge is 1.90. The number of hydrogen-bond acceptors (Lipinski definition) is 0. The normalized spacial score (nSPS) is 10.3. The smallest absolute Gasteiger partial charge is 0.0247 e. The molecular weight excluding hydrogens is 200 g/mol. The maximum absolute atomic E-state index is 3.60. The first kappa shape index (κ1) is 8.28. The highest BCUT2D eigenvalue weighted by atomic mass is 79.9. The second-order valence-electron chi connectivity index (χ2n) is 2.12. The van der Waals surface area contributed by atoms with E-state index in [0.717, 1.165) is 4.47 Å². The molecule has 0 N–H and O–H groups in total. The monoisotopic (exact) mass is 208 g/mol. The first-order valence-corrected chi connectivity index (χ1v) is 4.17. The van der Waals surface area contributed by atoms with E-state index in [9.17, 15) is 0 Å². The minimum Gasteiger partial charge on any atom is -0.0991 e. The summed E-state index contributed by atoms with van der Waals surface area (Å²) < 4.78 is 1.11. The van der Waals surface area contributed by atoms with Crippen molar-refractivity contribution in [3.63, 3.8) is 0 Å². The van der Waals surface area contributed by atoms with Crippen LogP contribution in [0.15, 0.2) is 47.5 Å². The third kappa shape index (κ3) is 2.35. The van der Waals surface area contributed by atoms with Crippen LogP contribution in [0.4, 0.5) is 0 Å². The van der Waals surface area contributed by atoms with Crippen molar-refractivity contribution >= 4 is 22.0 Å². The number of benzene rings is 1. The van der Waals surface area contributed by atoms with Gasteiger partial charge in [0.1, 0.15) is 0 Å². The van der Waals surface area contributed by atoms with E-state index in [1.807, 2.05) is 36.4 Å². The Bertz CT molecular complexity index is 274. The molecule has 0 unspecified atom stereocenters. The van der Waals surface area contributed by atoms with E-state index in [1.165, 1.54) is 5.56 Å². The molecule has 1 rings (SSSR count). The Balaban J connectivity index is 2.94. The molecule has 1 aromatic carbocycles. The first-order valence-electron chi connectivity index (χ1n) is 3.38. The van der Waals surface area contributed by atoms with Crippen LogP contribution in [-0.2, 0) is 0 Å². The number of allylic oxidation sites excluding steroid dienone is 2. The summed E-state index contributed by atoms with van der Waals surface area (Å²) in [5.74, 6) is 0. The molecule has 0 aliphatic rings. The van der Waals surface area contributed by atoms with Crippen molar-refractivity contribution in [1.82, 2.24) is 0 Å². The lowest BCUT2D eigenvalue weighted by molar-refractivity contribution is 1.60. The van der Waals surface area contributed by atoms with Crippen LogP contribution in [0.25, 0.3) is 6.08 Å². The topological polar surface area (TPSA) is 0 Å². The number of rotatable bonds is 2. The van der Waals surface area contributed by atoms with E-state index in [4.69, 9.17) is 0 Å². The van der Waals surface area contributed by atoms with E-state index in [-0.39, 0.29) is 0 Å². The molecule has 1 heteroatoms. The summed E-state index contributed by atoms with van der Waals surface area (Å²) in [5.41, 5.74) is 1.17. The van der Waals surface area contributed by atoms with Gasteiger partial charge in [0.15, 0.2) is 0 Å². The molecule has 1 aromatic rings. The molecule has 0 aromatic heterocycles. The van der Waals surface area contributed by atoms with Crippen molar-refractivity contribution in [1.29, 1.82) is 0 Å². The Hall–Kier alpha value is -0.820. The van der Waals surface area contributed by atoms with Gasteiger partial charge in [-0.05, 0) is 11.6 Å². The van der Waals surface area contributed by atoms with Crippen LogP contribution in [-0.4, -0.2) is 0 Å². The highest BCUT2D eigenvalue weighted by Crippen LogP contribution is 2.16. The molecule has 0 aliphatic carbocycles. The van der Waals surface area contributed by atoms with Crippen molar-refractivity contribution < 1.29 is 0 Å². The number of hydrogen-bond donors (Lipinski definition) is 0. The Morgan fingerprint density at radius 3 is 2.64 bits per heavy atom. The van der Waals surface area contributed by atoms with Crippen LogP contribution in [0.2, 0.25) is 0 Å². The molecule has 0 atom stereocenters. The largest absolute Gasteiger partial charge is 0.0991 e. The summed E-state index contributed by atoms with van der Waals surface area (Å²) in [7, 11) is 0. The van der Waals surface area contributed by atoms with Gasteiger partial charge in [-0.2, -0.15) is 0 Å². The third-order valence-corrected chi connectivity index (χ3v) is 2.04. The Morgan fingerprint density at radius 2 is 2.00 bits per heavy atom. The first-order chi connectivity index (χ1) is 5.34. The Kier molecular flexibility index (Phi) is 3.12. The molecule has 0 aliphatic heterocycles. The van der Waals surface area contributed by atoms with Crippen LogP contribution >= 0.6 is 15.9 Å². The summed E-state index contributed by atoms with van der Waals surface area (Å²) in [5, 5.41) is 0. The minimum atomic E-state index is 1.11. The van der Waals surface area contributed by atoms with Gasteiger partial charge >= 0.3 is 0 Å². The van der Waals surface area contributed by atoms with Gasteiger partial charge in [0, 0.05) is 4.47 Å². The van der Waals surface area contributed by atoms with E-state index < -0.39 is 0 Å². The fourth-order valence-electron chi connectivity index (χ4n) is 0.782. The summed E-state index contributed by atoms with van der Waals surface area (Å²) in [6.07, 6.45) is 5.69. The predicted octanol–water partition coefficient (Wildman–Crippen LogP) is 3.65. The van der Waals surface area contributed by atoms with E-state index in [0.29, 0.717) is 0 Å². The van der Waals surface area contributed by atoms with Gasteiger partial charge in [0.25, 0.3) is 0 Å². The lowest BCUT2D eigenvalue weighted by Gasteiger charge is -1.94. The second-order valence-corrected chi connectivity index (χ2v) is 2.97. The molecule has 0 nitrogen and oxygen atoms in total. The summed E-state index contributed by atoms with van der Waals surface area (Å²) in [6, 6.07) is 8.07. The zero-order valence-electron chi connectivity index (χ0n) is 6.13. The lowest BCUT2D eigenvalue weighted by Crippen LogP contribution is -1.71. The summed E-state index contributed by atoms with van der Waals surface area (Å²) in [6.45, 7) is 3.60. The van der Waals surface area contributed by atoms with Gasteiger partial charge in [-0.15, -0.1) is 0 Å². The Morgan fingerprint density at radius 1 is 1.27 bits per heavy atom. The van der Waals surface area contributed by atoms with Crippen molar-refractivity contribution in [2.24, 2.45) is 0 Å². The van der Waals surface area contributed by atoms with Gasteiger partial charge in [0.2, 0.25) is 0 Å². The van der Waals surface area contributed by atoms with Gasteiger partial charge in [0.05, 0.1) is 0 Å². The van der Waals surface area contributed by atoms with Crippen molar-refractivity contribution in [2.45, 2.75) is 0 Å². The summed E-state index contributed by atoms with van der Waals surface area (Å²) in [4.78, 5) is 0. The highest BCUT2D eigenvalue weighted by molar-refractivity contribution is 9.10. The molecular formula is C10H9Br. The lowest BCUT2D eigenvalue weighted by atomic mass is 10.2. The molecule has 11 heavy (non-hydrogen) atoms. The minimum absolute atomic E-state index is 1.11. The maximum atomic E-state index is 3.60. The van der Waals surface area contributed by atoms with Gasteiger partial charge in [-0.3, -0.25) is 0 Å². The van der Waals surface area contributed by atoms with Crippen LogP contribution in [0.1, 0.15) is 5.56 Å². The van der Waals surface area contributed by atoms with Crippen LogP contribution in [0, 0.1) is 0 Å². The number of halogens is 1. The van der Waals surface area contributed by atoms with Crippen molar-refractivity contribution in [3.05, 3.63) is 53.0 Å². The Labute approximate surface area is 75.4 Å². The van der Waals surface area contributed by atoms with E-state index in [2.05, 4.69) is 22.5 Å². The molecule has 0 heterocycles. The van der Waals surface area contributed by atoms with Crippen LogP contribution < -0.4 is 0 Å². The quantitative estimate of drug-likeness (QED) is 0.652. The van der Waals surface area contributed by atoms with Crippen LogP contribution in [0.5, 0.6) is 0 Å². The van der Waals surface area contributed by atoms with E-state index >= 15 is 0 Å². The molecule has 0 radical (unpaired) electrons. The predicted molar refractivity (Wildman–Crippen MR) is 53.4 cm³/mol. The third-order valence-electron chi connectivity index (χ3n) is 1.32. The molecule has 0 spiro atoms.